The number of nitrogens with zero attached hydrogens (tertiary/aromatic N) is 4. The minimum Gasteiger partial charge on any atom is -0.355 e. The average Bonchev–Trinajstić information content (AvgIpc) is 3.21. The lowest BCUT2D eigenvalue weighted by atomic mass is 9.93. The van der Waals surface area contributed by atoms with Crippen LogP contribution < -0.4 is 5.32 Å². The number of hydrogen-bond acceptors (Lipinski definition) is 4. The lowest BCUT2D eigenvalue weighted by molar-refractivity contribution is -0.122. The summed E-state index contributed by atoms with van der Waals surface area (Å²) < 4.78 is 1.97. The first-order chi connectivity index (χ1) is 14.5. The molecule has 0 bridgehead atoms. The van der Waals surface area contributed by atoms with Gasteiger partial charge in [-0.1, -0.05) is 30.3 Å². The molecule has 2 aromatic rings. The van der Waals surface area contributed by atoms with Crippen molar-refractivity contribution < 1.29 is 9.59 Å². The molecule has 1 saturated heterocycles. The first-order valence-corrected chi connectivity index (χ1v) is 10.9. The summed E-state index contributed by atoms with van der Waals surface area (Å²) in [5, 5.41) is 7.58. The molecule has 3 heterocycles. The van der Waals surface area contributed by atoms with E-state index < -0.39 is 0 Å². The van der Waals surface area contributed by atoms with Crippen LogP contribution in [0.4, 0.5) is 0 Å². The highest BCUT2D eigenvalue weighted by molar-refractivity contribution is 5.95. The van der Waals surface area contributed by atoms with Gasteiger partial charge in [0.05, 0.1) is 23.4 Å². The molecule has 7 nitrogen and oxygen atoms in total. The first kappa shape index (κ1) is 20.6. The zero-order valence-corrected chi connectivity index (χ0v) is 17.9. The van der Waals surface area contributed by atoms with Gasteiger partial charge < -0.3 is 15.1 Å². The highest BCUT2D eigenvalue weighted by Gasteiger charge is 2.29. The fourth-order valence-corrected chi connectivity index (χ4v) is 4.32. The predicted octanol–water partition coefficient (Wildman–Crippen LogP) is 1.75. The van der Waals surface area contributed by atoms with E-state index in [9.17, 15) is 9.59 Å². The predicted molar refractivity (Wildman–Crippen MR) is 115 cm³/mol. The zero-order chi connectivity index (χ0) is 21.1. The number of amides is 2. The molecule has 30 heavy (non-hydrogen) atoms. The average molecular weight is 410 g/mol. The summed E-state index contributed by atoms with van der Waals surface area (Å²) in [6.45, 7) is 6.69. The maximum Gasteiger partial charge on any atom is 0.257 e. The summed E-state index contributed by atoms with van der Waals surface area (Å²) >= 11 is 0. The van der Waals surface area contributed by atoms with Crippen LogP contribution >= 0.6 is 0 Å². The number of benzene rings is 1. The van der Waals surface area contributed by atoms with Crippen LogP contribution in [-0.4, -0.2) is 71.2 Å². The number of aromatic nitrogens is 2. The second-order valence-corrected chi connectivity index (χ2v) is 8.56. The standard InChI is InChI=1S/C23H31N5O2/c1-17(19-6-4-3-5-7-19)22(29)24-15-18-8-9-28-21(14-18)20(16-25-28)23(30)27-12-10-26(2)11-13-27/h3-7,16-18H,8-15H2,1-2H3,(H,24,29)/t17-,18?/m0/s1. The molecular formula is C23H31N5O2. The van der Waals surface area contributed by atoms with Crippen molar-refractivity contribution in [2.24, 2.45) is 5.92 Å². The Hall–Kier alpha value is -2.67. The number of carbonyl (C=O) groups is 2. The van der Waals surface area contributed by atoms with Gasteiger partial charge in [-0.05, 0) is 38.3 Å². The normalized spacial score (nSPS) is 20.5. The van der Waals surface area contributed by atoms with E-state index in [0.29, 0.717) is 12.5 Å². The second-order valence-electron chi connectivity index (χ2n) is 8.56. The van der Waals surface area contributed by atoms with Crippen molar-refractivity contribution in [2.75, 3.05) is 39.8 Å². The number of nitrogens with one attached hydrogen (secondary N) is 1. The third-order valence-corrected chi connectivity index (χ3v) is 6.46. The van der Waals surface area contributed by atoms with Crippen LogP contribution in [0.3, 0.4) is 0 Å². The van der Waals surface area contributed by atoms with E-state index in [2.05, 4.69) is 22.4 Å². The van der Waals surface area contributed by atoms with Crippen molar-refractivity contribution in [1.29, 1.82) is 0 Å². The molecule has 1 unspecified atom stereocenters. The van der Waals surface area contributed by atoms with Crippen molar-refractivity contribution in [3.05, 3.63) is 53.3 Å². The van der Waals surface area contributed by atoms with Gasteiger partial charge in [0.15, 0.2) is 0 Å². The van der Waals surface area contributed by atoms with E-state index in [1.54, 1.807) is 6.20 Å². The van der Waals surface area contributed by atoms with Crippen LogP contribution in [0.25, 0.3) is 0 Å². The largest absolute Gasteiger partial charge is 0.355 e. The van der Waals surface area contributed by atoms with Crippen LogP contribution in [0, 0.1) is 5.92 Å². The molecule has 160 valence electrons. The fraction of sp³-hybridized carbons (Fsp3) is 0.522. The molecule has 0 aliphatic carbocycles. The van der Waals surface area contributed by atoms with Gasteiger partial charge >= 0.3 is 0 Å². The van der Waals surface area contributed by atoms with Crippen LogP contribution in [0.2, 0.25) is 0 Å². The van der Waals surface area contributed by atoms with Gasteiger partial charge in [0.1, 0.15) is 0 Å². The van der Waals surface area contributed by atoms with E-state index in [1.807, 2.05) is 46.8 Å². The Labute approximate surface area is 178 Å². The van der Waals surface area contributed by atoms with Crippen LogP contribution in [-0.2, 0) is 17.8 Å². The molecule has 1 aromatic carbocycles. The molecule has 1 fully saturated rings. The molecule has 0 spiro atoms. The maximum atomic E-state index is 13.0. The van der Waals surface area contributed by atoms with Gasteiger partial charge in [0, 0.05) is 39.3 Å². The van der Waals surface area contributed by atoms with Gasteiger partial charge in [-0.2, -0.15) is 5.10 Å². The van der Waals surface area contributed by atoms with Gasteiger partial charge in [0.25, 0.3) is 5.91 Å². The van der Waals surface area contributed by atoms with Gasteiger partial charge in [0.2, 0.25) is 5.91 Å². The molecule has 1 aromatic heterocycles. The smallest absolute Gasteiger partial charge is 0.257 e. The Morgan fingerprint density at radius 1 is 1.13 bits per heavy atom. The van der Waals surface area contributed by atoms with Crippen LogP contribution in [0.1, 0.15) is 40.9 Å². The molecule has 7 heteroatoms. The van der Waals surface area contributed by atoms with Crippen LogP contribution in [0.15, 0.2) is 36.5 Å². The maximum absolute atomic E-state index is 13.0. The summed E-state index contributed by atoms with van der Waals surface area (Å²) in [7, 11) is 2.08. The first-order valence-electron chi connectivity index (χ1n) is 10.9. The minimum absolute atomic E-state index is 0.0500. The van der Waals surface area contributed by atoms with Gasteiger partial charge in [-0.25, -0.2) is 0 Å². The lowest BCUT2D eigenvalue weighted by Gasteiger charge is -2.32. The number of hydrogen-bond donors (Lipinski definition) is 1. The summed E-state index contributed by atoms with van der Waals surface area (Å²) in [6.07, 6.45) is 3.46. The van der Waals surface area contributed by atoms with Crippen molar-refractivity contribution in [1.82, 2.24) is 24.9 Å². The summed E-state index contributed by atoms with van der Waals surface area (Å²) in [5.41, 5.74) is 2.77. The fourth-order valence-electron chi connectivity index (χ4n) is 4.32. The van der Waals surface area contributed by atoms with Crippen molar-refractivity contribution >= 4 is 11.8 Å². The Kier molecular flexibility index (Phi) is 6.18. The quantitative estimate of drug-likeness (QED) is 0.817. The number of carbonyl (C=O) groups excluding carboxylic acids is 2. The lowest BCUT2D eigenvalue weighted by Crippen LogP contribution is -2.47. The number of aryl methyl sites for hydroxylation is 1. The Balaban J connectivity index is 1.36. The van der Waals surface area contributed by atoms with E-state index in [4.69, 9.17) is 0 Å². The van der Waals surface area contributed by atoms with E-state index >= 15 is 0 Å². The second kappa shape index (κ2) is 9.00. The van der Waals surface area contributed by atoms with Gasteiger partial charge in [-0.15, -0.1) is 0 Å². The van der Waals surface area contributed by atoms with Crippen molar-refractivity contribution in [2.45, 2.75) is 32.2 Å². The number of rotatable bonds is 5. The minimum atomic E-state index is -0.172. The zero-order valence-electron chi connectivity index (χ0n) is 17.9. The molecule has 2 amide bonds. The summed E-state index contributed by atoms with van der Waals surface area (Å²) in [4.78, 5) is 29.8. The Bertz CT molecular complexity index is 886. The molecule has 2 aliphatic rings. The number of fused-ring (bicyclic) bond motifs is 1. The highest BCUT2D eigenvalue weighted by atomic mass is 16.2. The number of piperazine rings is 1. The van der Waals surface area contributed by atoms with Crippen molar-refractivity contribution in [3.8, 4) is 0 Å². The van der Waals surface area contributed by atoms with E-state index in [-0.39, 0.29) is 17.7 Å². The van der Waals surface area contributed by atoms with E-state index in [0.717, 1.165) is 62.4 Å². The monoisotopic (exact) mass is 409 g/mol. The Morgan fingerprint density at radius 3 is 2.60 bits per heavy atom. The molecule has 2 atom stereocenters. The van der Waals surface area contributed by atoms with Crippen LogP contribution in [0.5, 0.6) is 0 Å². The topological polar surface area (TPSA) is 70.5 Å². The SMILES string of the molecule is C[C@H](C(=O)NCC1CCn2ncc(C(=O)N3CCN(C)CC3)c2C1)c1ccccc1. The van der Waals surface area contributed by atoms with Gasteiger partial charge in [-0.3, -0.25) is 14.3 Å². The molecule has 2 aliphatic heterocycles. The third kappa shape index (κ3) is 4.41. The van der Waals surface area contributed by atoms with Crippen molar-refractivity contribution in [3.63, 3.8) is 0 Å². The summed E-state index contributed by atoms with van der Waals surface area (Å²) in [6, 6.07) is 9.85. The molecule has 1 N–H and O–H groups in total. The Morgan fingerprint density at radius 2 is 1.87 bits per heavy atom. The molecule has 0 saturated carbocycles. The molecule has 0 radical (unpaired) electrons. The summed E-state index contributed by atoms with van der Waals surface area (Å²) in [5.74, 6) is 0.288. The number of likely N-dealkylation sites (N-methyl/N-ethyl adjacent to an activating group) is 1. The molecular weight excluding hydrogens is 378 g/mol. The third-order valence-electron chi connectivity index (χ3n) is 6.46. The van der Waals surface area contributed by atoms with E-state index in [1.165, 1.54) is 0 Å². The highest BCUT2D eigenvalue weighted by Crippen LogP contribution is 2.24. The molecule has 4 rings (SSSR count).